The Labute approximate surface area is 120 Å². The second-order valence-corrected chi connectivity index (χ2v) is 5.61. The van der Waals surface area contributed by atoms with Gasteiger partial charge in [-0.3, -0.25) is 9.59 Å². The van der Waals surface area contributed by atoms with Crippen molar-refractivity contribution in [2.45, 2.75) is 26.7 Å². The molecule has 0 aliphatic carbocycles. The number of hydrogen-bond acceptors (Lipinski definition) is 2. The second kappa shape index (κ2) is 6.55. The van der Waals surface area contributed by atoms with Crippen LogP contribution in [0, 0.1) is 5.92 Å². The van der Waals surface area contributed by atoms with Crippen molar-refractivity contribution in [1.82, 2.24) is 4.90 Å². The zero-order valence-corrected chi connectivity index (χ0v) is 12.2. The molecule has 0 unspecified atom stereocenters. The molecule has 1 aliphatic heterocycles. The van der Waals surface area contributed by atoms with Gasteiger partial charge in [0.2, 0.25) is 11.8 Å². The Balaban J connectivity index is 2.04. The SMILES string of the molecule is CC(C)CC(=O)N1CCC(=O)N(c2ccccc2)CC1. The smallest absolute Gasteiger partial charge is 0.228 e. The van der Waals surface area contributed by atoms with E-state index in [2.05, 4.69) is 0 Å². The number of carbonyl (C=O) groups is 2. The Morgan fingerprint density at radius 3 is 2.50 bits per heavy atom. The summed E-state index contributed by atoms with van der Waals surface area (Å²) in [4.78, 5) is 27.9. The van der Waals surface area contributed by atoms with E-state index >= 15 is 0 Å². The summed E-state index contributed by atoms with van der Waals surface area (Å²) in [5.41, 5.74) is 0.913. The van der Waals surface area contributed by atoms with E-state index in [1.807, 2.05) is 49.1 Å². The predicted octanol–water partition coefficient (Wildman–Crippen LogP) is 2.30. The molecule has 0 radical (unpaired) electrons. The average molecular weight is 274 g/mol. The van der Waals surface area contributed by atoms with Gasteiger partial charge in [-0.05, 0) is 18.1 Å². The molecule has 0 aromatic heterocycles. The quantitative estimate of drug-likeness (QED) is 0.848. The predicted molar refractivity (Wildman–Crippen MR) is 79.4 cm³/mol. The Bertz CT molecular complexity index is 471. The molecule has 1 aliphatic rings. The lowest BCUT2D eigenvalue weighted by atomic mass is 10.1. The minimum Gasteiger partial charge on any atom is -0.340 e. The maximum absolute atomic E-state index is 12.2. The molecular formula is C16H22N2O2. The van der Waals surface area contributed by atoms with Gasteiger partial charge in [0.15, 0.2) is 0 Å². The summed E-state index contributed by atoms with van der Waals surface area (Å²) in [5, 5.41) is 0. The van der Waals surface area contributed by atoms with E-state index in [0.717, 1.165) is 5.69 Å². The van der Waals surface area contributed by atoms with Crippen molar-refractivity contribution in [3.05, 3.63) is 30.3 Å². The number of para-hydroxylation sites is 1. The van der Waals surface area contributed by atoms with Gasteiger partial charge in [0.05, 0.1) is 0 Å². The summed E-state index contributed by atoms with van der Waals surface area (Å²) < 4.78 is 0. The first kappa shape index (κ1) is 14.6. The van der Waals surface area contributed by atoms with Crippen LogP contribution in [-0.2, 0) is 9.59 Å². The van der Waals surface area contributed by atoms with Gasteiger partial charge in [0.1, 0.15) is 0 Å². The van der Waals surface area contributed by atoms with Crippen LogP contribution in [0.25, 0.3) is 0 Å². The van der Waals surface area contributed by atoms with Crippen molar-refractivity contribution in [3.63, 3.8) is 0 Å². The minimum atomic E-state index is 0.0936. The standard InChI is InChI=1S/C16H22N2O2/c1-13(2)12-16(20)17-9-8-15(19)18(11-10-17)14-6-4-3-5-7-14/h3-7,13H,8-12H2,1-2H3. The summed E-state index contributed by atoms with van der Waals surface area (Å²) >= 11 is 0. The Morgan fingerprint density at radius 1 is 1.15 bits per heavy atom. The lowest BCUT2D eigenvalue weighted by Crippen LogP contribution is -2.36. The largest absolute Gasteiger partial charge is 0.340 e. The van der Waals surface area contributed by atoms with Gasteiger partial charge < -0.3 is 9.80 Å². The first-order chi connectivity index (χ1) is 9.58. The van der Waals surface area contributed by atoms with Crippen LogP contribution in [0.3, 0.4) is 0 Å². The average Bonchev–Trinajstić information content (AvgIpc) is 2.61. The fourth-order valence-corrected chi connectivity index (χ4v) is 2.43. The van der Waals surface area contributed by atoms with Gasteiger partial charge in [0, 0.05) is 38.2 Å². The molecule has 2 amide bonds. The molecule has 108 valence electrons. The van der Waals surface area contributed by atoms with E-state index in [-0.39, 0.29) is 11.8 Å². The summed E-state index contributed by atoms with van der Waals surface area (Å²) in [7, 11) is 0. The normalized spacial score (nSPS) is 16.4. The molecule has 0 atom stereocenters. The van der Waals surface area contributed by atoms with E-state index in [4.69, 9.17) is 0 Å². The van der Waals surface area contributed by atoms with Crippen LogP contribution < -0.4 is 4.90 Å². The van der Waals surface area contributed by atoms with Crippen molar-refractivity contribution in [2.24, 2.45) is 5.92 Å². The molecule has 0 N–H and O–H groups in total. The monoisotopic (exact) mass is 274 g/mol. The first-order valence-electron chi connectivity index (χ1n) is 7.21. The van der Waals surface area contributed by atoms with Crippen molar-refractivity contribution >= 4 is 17.5 Å². The molecule has 20 heavy (non-hydrogen) atoms. The third-order valence-electron chi connectivity index (χ3n) is 3.49. The molecule has 2 rings (SSSR count). The van der Waals surface area contributed by atoms with Crippen molar-refractivity contribution in [1.29, 1.82) is 0 Å². The molecular weight excluding hydrogens is 252 g/mol. The number of amides is 2. The molecule has 0 spiro atoms. The summed E-state index contributed by atoms with van der Waals surface area (Å²) in [6.07, 6.45) is 0.957. The van der Waals surface area contributed by atoms with Crippen LogP contribution >= 0.6 is 0 Å². The molecule has 0 bridgehead atoms. The summed E-state index contributed by atoms with van der Waals surface area (Å²) in [6, 6.07) is 9.65. The lowest BCUT2D eigenvalue weighted by Gasteiger charge is -2.22. The van der Waals surface area contributed by atoms with Crippen molar-refractivity contribution < 1.29 is 9.59 Å². The molecule has 1 heterocycles. The number of anilines is 1. The van der Waals surface area contributed by atoms with Crippen LogP contribution in [0.1, 0.15) is 26.7 Å². The Hall–Kier alpha value is -1.84. The highest BCUT2D eigenvalue weighted by molar-refractivity contribution is 5.94. The minimum absolute atomic E-state index is 0.0936. The fourth-order valence-electron chi connectivity index (χ4n) is 2.43. The van der Waals surface area contributed by atoms with Gasteiger partial charge >= 0.3 is 0 Å². The molecule has 1 fully saturated rings. The van der Waals surface area contributed by atoms with E-state index in [9.17, 15) is 9.59 Å². The van der Waals surface area contributed by atoms with Gasteiger partial charge in [-0.25, -0.2) is 0 Å². The molecule has 1 aromatic rings. The van der Waals surface area contributed by atoms with Crippen molar-refractivity contribution in [2.75, 3.05) is 24.5 Å². The van der Waals surface area contributed by atoms with E-state index in [1.165, 1.54) is 0 Å². The Morgan fingerprint density at radius 2 is 1.85 bits per heavy atom. The second-order valence-electron chi connectivity index (χ2n) is 5.61. The number of carbonyl (C=O) groups excluding carboxylic acids is 2. The van der Waals surface area contributed by atoms with Crippen LogP contribution in [0.15, 0.2) is 30.3 Å². The van der Waals surface area contributed by atoms with Crippen LogP contribution in [0.4, 0.5) is 5.69 Å². The number of rotatable bonds is 3. The molecule has 1 aromatic carbocycles. The van der Waals surface area contributed by atoms with E-state index < -0.39 is 0 Å². The maximum Gasteiger partial charge on any atom is 0.228 e. The number of benzene rings is 1. The van der Waals surface area contributed by atoms with E-state index in [0.29, 0.717) is 38.4 Å². The highest BCUT2D eigenvalue weighted by Crippen LogP contribution is 2.17. The highest BCUT2D eigenvalue weighted by atomic mass is 16.2. The third kappa shape index (κ3) is 3.59. The highest BCUT2D eigenvalue weighted by Gasteiger charge is 2.24. The summed E-state index contributed by atoms with van der Waals surface area (Å²) in [6.45, 7) is 5.81. The van der Waals surface area contributed by atoms with Crippen LogP contribution in [0.2, 0.25) is 0 Å². The number of nitrogens with zero attached hydrogens (tertiary/aromatic N) is 2. The first-order valence-corrected chi connectivity index (χ1v) is 7.21. The van der Waals surface area contributed by atoms with Crippen molar-refractivity contribution in [3.8, 4) is 0 Å². The molecule has 4 nitrogen and oxygen atoms in total. The summed E-state index contributed by atoms with van der Waals surface area (Å²) in [5.74, 6) is 0.602. The molecule has 4 heteroatoms. The molecule has 0 saturated carbocycles. The maximum atomic E-state index is 12.2. The van der Waals surface area contributed by atoms with Gasteiger partial charge in [0.25, 0.3) is 0 Å². The number of hydrogen-bond donors (Lipinski definition) is 0. The van der Waals surface area contributed by atoms with Gasteiger partial charge in [-0.2, -0.15) is 0 Å². The topological polar surface area (TPSA) is 40.6 Å². The lowest BCUT2D eigenvalue weighted by molar-refractivity contribution is -0.131. The van der Waals surface area contributed by atoms with Crippen LogP contribution in [0.5, 0.6) is 0 Å². The fraction of sp³-hybridized carbons (Fsp3) is 0.500. The molecule has 1 saturated heterocycles. The Kier molecular flexibility index (Phi) is 4.77. The van der Waals surface area contributed by atoms with E-state index in [1.54, 1.807) is 4.90 Å². The van der Waals surface area contributed by atoms with Gasteiger partial charge in [-0.15, -0.1) is 0 Å². The van der Waals surface area contributed by atoms with Crippen LogP contribution in [-0.4, -0.2) is 36.3 Å². The zero-order chi connectivity index (χ0) is 14.5. The third-order valence-corrected chi connectivity index (χ3v) is 3.49. The zero-order valence-electron chi connectivity index (χ0n) is 12.2. The van der Waals surface area contributed by atoms with Gasteiger partial charge in [-0.1, -0.05) is 32.0 Å².